The molecule has 0 bridgehead atoms. The van der Waals surface area contributed by atoms with Crippen molar-refractivity contribution in [1.29, 1.82) is 0 Å². The van der Waals surface area contributed by atoms with E-state index in [2.05, 4.69) is 16.8 Å². The Morgan fingerprint density at radius 3 is 2.89 bits per heavy atom. The van der Waals surface area contributed by atoms with E-state index in [-0.39, 0.29) is 35.7 Å². The maximum atomic E-state index is 13.6. The highest BCUT2D eigenvalue weighted by Gasteiger charge is 2.61. The number of nitro groups is 1. The number of anilines is 1. The number of amides is 2. The van der Waals surface area contributed by atoms with Gasteiger partial charge in [0.2, 0.25) is 11.8 Å². The van der Waals surface area contributed by atoms with Crippen molar-refractivity contribution in [1.82, 2.24) is 10.2 Å². The van der Waals surface area contributed by atoms with Crippen LogP contribution in [0, 0.1) is 15.5 Å². The maximum Gasteiger partial charge on any atom is 0.269 e. The average Bonchev–Trinajstić information content (AvgIpc) is 2.69. The number of nitrogens with zero attached hydrogens (tertiary/aromatic N) is 3. The summed E-state index contributed by atoms with van der Waals surface area (Å²) in [5.74, 6) is -0.771. The van der Waals surface area contributed by atoms with Crippen LogP contribution in [0.3, 0.4) is 0 Å². The van der Waals surface area contributed by atoms with E-state index in [1.807, 2.05) is 0 Å². The maximum absolute atomic E-state index is 13.6. The van der Waals surface area contributed by atoms with E-state index >= 15 is 0 Å². The summed E-state index contributed by atoms with van der Waals surface area (Å²) in [6.45, 7) is 4.57. The Kier molecular flexibility index (Phi) is 4.41. The van der Waals surface area contributed by atoms with Crippen LogP contribution < -0.4 is 10.2 Å². The van der Waals surface area contributed by atoms with Crippen LogP contribution >= 0.6 is 12.2 Å². The fourth-order valence-electron chi connectivity index (χ4n) is 4.71. The molecular weight excluding hydrogens is 380 g/mol. The quantitative estimate of drug-likeness (QED) is 0.274. The van der Waals surface area contributed by atoms with Crippen molar-refractivity contribution in [3.63, 3.8) is 0 Å². The van der Waals surface area contributed by atoms with Crippen LogP contribution in [0.1, 0.15) is 24.8 Å². The van der Waals surface area contributed by atoms with Gasteiger partial charge in [0.25, 0.3) is 5.69 Å². The van der Waals surface area contributed by atoms with E-state index in [1.54, 1.807) is 12.1 Å². The van der Waals surface area contributed by atoms with Gasteiger partial charge in [-0.15, -0.1) is 6.58 Å². The number of carbonyl (C=O) groups excluding carboxylic acids is 2. The minimum Gasteiger partial charge on any atom is -0.367 e. The Morgan fingerprint density at radius 2 is 2.18 bits per heavy atom. The predicted octanol–water partition coefficient (Wildman–Crippen LogP) is 1.93. The largest absolute Gasteiger partial charge is 0.367 e. The van der Waals surface area contributed by atoms with Crippen molar-refractivity contribution in [3.8, 4) is 0 Å². The molecule has 0 aliphatic carbocycles. The Labute approximate surface area is 167 Å². The summed E-state index contributed by atoms with van der Waals surface area (Å²) in [5.41, 5.74) is 0.104. The molecule has 0 radical (unpaired) electrons. The number of hydrogen-bond acceptors (Lipinski definition) is 6. The van der Waals surface area contributed by atoms with Crippen molar-refractivity contribution < 1.29 is 14.5 Å². The first-order chi connectivity index (χ1) is 13.4. The number of non-ortho nitro benzene ring substituents is 1. The van der Waals surface area contributed by atoms with Gasteiger partial charge in [-0.05, 0) is 43.1 Å². The van der Waals surface area contributed by atoms with Crippen molar-refractivity contribution in [2.75, 3.05) is 18.0 Å². The molecular formula is C19H20N4O4S. The van der Waals surface area contributed by atoms with Gasteiger partial charge < -0.3 is 10.2 Å². The second-order valence-corrected chi connectivity index (χ2v) is 7.77. The number of rotatable bonds is 3. The highest BCUT2D eigenvalue weighted by Crippen LogP contribution is 2.48. The van der Waals surface area contributed by atoms with Crippen molar-refractivity contribution in [3.05, 3.63) is 46.5 Å². The van der Waals surface area contributed by atoms with Gasteiger partial charge in [-0.1, -0.05) is 6.08 Å². The van der Waals surface area contributed by atoms with Crippen LogP contribution in [0.2, 0.25) is 0 Å². The number of nitrogens with one attached hydrogen (secondary N) is 1. The molecule has 2 saturated heterocycles. The molecule has 3 heterocycles. The zero-order valence-corrected chi connectivity index (χ0v) is 16.0. The second kappa shape index (κ2) is 6.66. The molecule has 1 aromatic carbocycles. The van der Waals surface area contributed by atoms with E-state index in [1.165, 1.54) is 17.0 Å². The van der Waals surface area contributed by atoms with E-state index < -0.39 is 16.2 Å². The van der Waals surface area contributed by atoms with Crippen LogP contribution in [0.5, 0.6) is 0 Å². The molecule has 1 N–H and O–H groups in total. The van der Waals surface area contributed by atoms with E-state index in [0.717, 1.165) is 18.5 Å². The Bertz CT molecular complexity index is 917. The number of carbonyl (C=O) groups is 2. The molecule has 2 atom stereocenters. The van der Waals surface area contributed by atoms with Gasteiger partial charge >= 0.3 is 0 Å². The van der Waals surface area contributed by atoms with E-state index in [9.17, 15) is 19.7 Å². The number of piperidine rings is 1. The van der Waals surface area contributed by atoms with Crippen molar-refractivity contribution in [2.45, 2.75) is 31.7 Å². The fourth-order valence-corrected chi connectivity index (χ4v) is 4.96. The van der Waals surface area contributed by atoms with Crippen LogP contribution in [0.4, 0.5) is 11.4 Å². The normalized spacial score (nSPS) is 26.6. The lowest BCUT2D eigenvalue weighted by molar-refractivity contribution is -0.384. The van der Waals surface area contributed by atoms with Gasteiger partial charge in [0, 0.05) is 37.3 Å². The van der Waals surface area contributed by atoms with Gasteiger partial charge in [-0.3, -0.25) is 24.6 Å². The highest BCUT2D eigenvalue weighted by molar-refractivity contribution is 7.80. The molecule has 0 saturated carbocycles. The Balaban J connectivity index is 1.88. The fraction of sp³-hybridized carbons (Fsp3) is 0.421. The molecule has 8 nitrogen and oxygen atoms in total. The summed E-state index contributed by atoms with van der Waals surface area (Å²) < 4.78 is 0. The lowest BCUT2D eigenvalue weighted by Crippen LogP contribution is -2.72. The van der Waals surface area contributed by atoms with Crippen LogP contribution in [-0.2, 0) is 16.0 Å². The molecule has 1 aromatic rings. The molecule has 28 heavy (non-hydrogen) atoms. The first kappa shape index (κ1) is 18.5. The highest BCUT2D eigenvalue weighted by atomic mass is 32.1. The van der Waals surface area contributed by atoms with Crippen molar-refractivity contribution in [2.24, 2.45) is 5.41 Å². The molecule has 146 valence electrons. The summed E-state index contributed by atoms with van der Waals surface area (Å²) in [6, 6.07) is 4.38. The lowest BCUT2D eigenvalue weighted by atomic mass is 9.66. The third-order valence-corrected chi connectivity index (χ3v) is 6.26. The lowest BCUT2D eigenvalue weighted by Gasteiger charge is -2.54. The first-order valence-electron chi connectivity index (χ1n) is 9.22. The molecule has 2 fully saturated rings. The van der Waals surface area contributed by atoms with E-state index in [4.69, 9.17) is 12.2 Å². The minimum atomic E-state index is -1.35. The number of fused-ring (bicyclic) bond motifs is 4. The second-order valence-electron chi connectivity index (χ2n) is 7.39. The van der Waals surface area contributed by atoms with E-state index in [0.29, 0.717) is 18.5 Å². The van der Waals surface area contributed by atoms with Crippen LogP contribution in [-0.4, -0.2) is 45.9 Å². The van der Waals surface area contributed by atoms with Crippen LogP contribution in [0.15, 0.2) is 30.9 Å². The van der Waals surface area contributed by atoms with Crippen LogP contribution in [0.25, 0.3) is 0 Å². The molecule has 9 heteroatoms. The predicted molar refractivity (Wildman–Crippen MR) is 107 cm³/mol. The monoisotopic (exact) mass is 400 g/mol. The van der Waals surface area contributed by atoms with Crippen molar-refractivity contribution >= 4 is 40.5 Å². The standard InChI is InChI=1S/C19H20N4O4S/c1-2-8-22-17(25)19(16(24)20-18(22)28)11-12-10-13(23(26)27)6-7-14(12)21-9-4-3-5-15(19)21/h2,6-7,10,15H,1,3-5,8-9,11H2,(H,20,24,28)/t15-,19-/m0/s1. The molecule has 4 rings (SSSR count). The van der Waals surface area contributed by atoms with Gasteiger partial charge in [0.1, 0.15) is 0 Å². The molecule has 3 aliphatic heterocycles. The third-order valence-electron chi connectivity index (χ3n) is 5.93. The molecule has 0 unspecified atom stereocenters. The summed E-state index contributed by atoms with van der Waals surface area (Å²) in [6.07, 6.45) is 4.23. The van der Waals surface area contributed by atoms with Gasteiger partial charge in [0.15, 0.2) is 10.5 Å². The number of benzene rings is 1. The minimum absolute atomic E-state index is 0.0495. The summed E-state index contributed by atoms with van der Waals surface area (Å²) in [5, 5.41) is 14.0. The summed E-state index contributed by atoms with van der Waals surface area (Å²) in [7, 11) is 0. The van der Waals surface area contributed by atoms with Gasteiger partial charge in [0.05, 0.1) is 11.0 Å². The Hall–Kier alpha value is -2.81. The zero-order chi connectivity index (χ0) is 20.1. The molecule has 1 spiro atoms. The summed E-state index contributed by atoms with van der Waals surface area (Å²) in [4.78, 5) is 41.0. The summed E-state index contributed by atoms with van der Waals surface area (Å²) >= 11 is 5.20. The molecule has 0 aromatic heterocycles. The van der Waals surface area contributed by atoms with Gasteiger partial charge in [-0.2, -0.15) is 0 Å². The Morgan fingerprint density at radius 1 is 1.39 bits per heavy atom. The van der Waals surface area contributed by atoms with Gasteiger partial charge in [-0.25, -0.2) is 0 Å². The third kappa shape index (κ3) is 2.53. The number of thiocarbonyl (C=S) groups is 1. The topological polar surface area (TPSA) is 95.8 Å². The average molecular weight is 400 g/mol. The first-order valence-corrected chi connectivity index (χ1v) is 9.63. The number of nitro benzene ring substituents is 1. The molecule has 2 amide bonds. The molecule has 3 aliphatic rings. The smallest absolute Gasteiger partial charge is 0.269 e. The SMILES string of the molecule is C=CCN1C(=O)[C@]2(Cc3cc([N+](=O)[O-])ccc3N3CCCC[C@H]32)C(=O)NC1=S. The zero-order valence-electron chi connectivity index (χ0n) is 15.2. The number of hydrogen-bond donors (Lipinski definition) is 1.